The van der Waals surface area contributed by atoms with Crippen LogP contribution in [0.4, 0.5) is 0 Å². The highest BCUT2D eigenvalue weighted by Crippen LogP contribution is 2.38. The van der Waals surface area contributed by atoms with Crippen molar-refractivity contribution in [2.45, 2.75) is 76.2 Å². The first-order valence-electron chi connectivity index (χ1n) is 10.2. The Morgan fingerprint density at radius 2 is 1.78 bits per heavy atom. The minimum atomic E-state index is 0.440. The summed E-state index contributed by atoms with van der Waals surface area (Å²) in [5.74, 6) is 2.60. The van der Waals surface area contributed by atoms with E-state index >= 15 is 0 Å². The molecule has 0 amide bonds. The molecule has 0 saturated heterocycles. The van der Waals surface area contributed by atoms with E-state index in [-0.39, 0.29) is 0 Å². The molecule has 1 aliphatic heterocycles. The molecule has 0 unspecified atom stereocenters. The van der Waals surface area contributed by atoms with E-state index < -0.39 is 0 Å². The molecule has 6 heteroatoms. The van der Waals surface area contributed by atoms with Crippen molar-refractivity contribution < 1.29 is 4.74 Å². The Balaban J connectivity index is 1.40. The van der Waals surface area contributed by atoms with Gasteiger partial charge < -0.3 is 4.74 Å². The lowest BCUT2D eigenvalue weighted by Gasteiger charge is -2.34. The van der Waals surface area contributed by atoms with Crippen molar-refractivity contribution >= 4 is 11.6 Å². The van der Waals surface area contributed by atoms with Crippen molar-refractivity contribution in [3.63, 3.8) is 0 Å². The zero-order valence-corrected chi connectivity index (χ0v) is 16.7. The molecule has 144 valence electrons. The van der Waals surface area contributed by atoms with Crippen LogP contribution in [-0.2, 0) is 17.8 Å². The van der Waals surface area contributed by atoms with Gasteiger partial charge in [0.2, 0.25) is 0 Å². The van der Waals surface area contributed by atoms with Gasteiger partial charge in [0.1, 0.15) is 5.82 Å². The lowest BCUT2D eigenvalue weighted by atomic mass is 9.86. The molecule has 2 aromatic rings. The fourth-order valence-electron chi connectivity index (χ4n) is 4.68. The Morgan fingerprint density at radius 3 is 2.52 bits per heavy atom. The van der Waals surface area contributed by atoms with Crippen LogP contribution in [-0.4, -0.2) is 38.9 Å². The van der Waals surface area contributed by atoms with E-state index in [9.17, 15) is 0 Å². The van der Waals surface area contributed by atoms with Crippen molar-refractivity contribution in [2.24, 2.45) is 0 Å². The number of fused-ring (bicyclic) bond motifs is 3. The molecular formula is C21H27ClN4O. The minimum absolute atomic E-state index is 0.440. The zero-order chi connectivity index (χ0) is 18.4. The summed E-state index contributed by atoms with van der Waals surface area (Å²) in [6, 6.07) is 6.18. The van der Waals surface area contributed by atoms with Gasteiger partial charge in [-0.2, -0.15) is 0 Å². The molecule has 5 rings (SSSR count). The largest absolute Gasteiger partial charge is 0.375 e. The molecule has 2 fully saturated rings. The number of aromatic nitrogens is 3. The van der Waals surface area contributed by atoms with E-state index in [4.69, 9.17) is 16.3 Å². The van der Waals surface area contributed by atoms with E-state index in [2.05, 4.69) is 38.8 Å². The summed E-state index contributed by atoms with van der Waals surface area (Å²) < 4.78 is 8.54. The van der Waals surface area contributed by atoms with Crippen molar-refractivity contribution in [3.8, 4) is 5.69 Å². The fraction of sp³-hybridized carbons (Fsp3) is 0.619. The van der Waals surface area contributed by atoms with Crippen molar-refractivity contribution in [1.29, 1.82) is 0 Å². The average molecular weight is 387 g/mol. The van der Waals surface area contributed by atoms with E-state index in [1.54, 1.807) is 0 Å². The summed E-state index contributed by atoms with van der Waals surface area (Å²) >= 11 is 6.27. The third kappa shape index (κ3) is 3.41. The predicted octanol–water partition coefficient (Wildman–Crippen LogP) is 4.46. The maximum Gasteiger partial charge on any atom is 0.151 e. The van der Waals surface area contributed by atoms with Gasteiger partial charge in [-0.3, -0.25) is 9.47 Å². The summed E-state index contributed by atoms with van der Waals surface area (Å²) in [4.78, 5) is 2.27. The lowest BCUT2D eigenvalue weighted by molar-refractivity contribution is -0.0666. The van der Waals surface area contributed by atoms with Gasteiger partial charge in [0.05, 0.1) is 24.4 Å². The highest BCUT2D eigenvalue weighted by molar-refractivity contribution is 6.30. The molecular weight excluding hydrogens is 360 g/mol. The van der Waals surface area contributed by atoms with Gasteiger partial charge >= 0.3 is 0 Å². The molecule has 1 aromatic heterocycles. The van der Waals surface area contributed by atoms with Gasteiger partial charge in [0.25, 0.3) is 0 Å². The summed E-state index contributed by atoms with van der Waals surface area (Å²) in [6.45, 7) is 1.68. The third-order valence-electron chi connectivity index (χ3n) is 6.37. The molecule has 5 nitrogen and oxygen atoms in total. The normalized spacial score (nSPS) is 26.1. The van der Waals surface area contributed by atoms with Gasteiger partial charge in [0.15, 0.2) is 5.82 Å². The first-order valence-corrected chi connectivity index (χ1v) is 10.6. The standard InChI is InChI=1S/C21H27ClN4O/c1-25-12-15-11-16(22)7-10-19(15)26-20(13-25)23-24-21(26)14-5-8-18(9-6-14)27-17-3-2-4-17/h7,10-11,14,17-18H,2-6,8-9,12-13H2,1H3. The van der Waals surface area contributed by atoms with Crippen LogP contribution in [0, 0.1) is 0 Å². The molecule has 3 aliphatic rings. The van der Waals surface area contributed by atoms with Crippen LogP contribution in [0.5, 0.6) is 0 Å². The first kappa shape index (κ1) is 17.7. The van der Waals surface area contributed by atoms with Crippen LogP contribution in [0.2, 0.25) is 5.02 Å². The summed E-state index contributed by atoms with van der Waals surface area (Å²) in [6.07, 6.45) is 9.35. The number of ether oxygens (including phenoxy) is 1. The maximum absolute atomic E-state index is 6.27. The topological polar surface area (TPSA) is 43.2 Å². The lowest BCUT2D eigenvalue weighted by Crippen LogP contribution is -2.30. The molecule has 0 spiro atoms. The maximum atomic E-state index is 6.27. The van der Waals surface area contributed by atoms with Gasteiger partial charge in [-0.15, -0.1) is 10.2 Å². The Morgan fingerprint density at radius 1 is 1.00 bits per heavy atom. The van der Waals surface area contributed by atoms with E-state index in [0.29, 0.717) is 18.1 Å². The summed E-state index contributed by atoms with van der Waals surface area (Å²) in [7, 11) is 2.12. The minimum Gasteiger partial charge on any atom is -0.375 e. The second-order valence-corrected chi connectivity index (χ2v) is 8.85. The van der Waals surface area contributed by atoms with Crippen LogP contribution in [0.3, 0.4) is 0 Å². The molecule has 27 heavy (non-hydrogen) atoms. The molecule has 0 atom stereocenters. The Hall–Kier alpha value is -1.43. The number of rotatable bonds is 3. The van der Waals surface area contributed by atoms with Crippen LogP contribution in [0.1, 0.15) is 68.1 Å². The average Bonchev–Trinajstić information content (AvgIpc) is 2.96. The second kappa shape index (κ2) is 7.19. The molecule has 2 heterocycles. The van der Waals surface area contributed by atoms with Crippen molar-refractivity contribution in [3.05, 3.63) is 40.4 Å². The number of halogens is 1. The van der Waals surface area contributed by atoms with Crippen LogP contribution in [0.15, 0.2) is 18.2 Å². The van der Waals surface area contributed by atoms with Gasteiger partial charge in [-0.05, 0) is 75.8 Å². The SMILES string of the molecule is CN1Cc2cc(Cl)ccc2-n2c(nnc2C2CCC(OC3CCC3)CC2)C1. The van der Waals surface area contributed by atoms with Gasteiger partial charge in [-0.1, -0.05) is 11.6 Å². The number of hydrogen-bond donors (Lipinski definition) is 0. The Labute approximate surface area is 165 Å². The van der Waals surface area contributed by atoms with Gasteiger partial charge in [-0.25, -0.2) is 0 Å². The first-order chi connectivity index (χ1) is 13.2. The molecule has 2 aliphatic carbocycles. The zero-order valence-electron chi connectivity index (χ0n) is 15.9. The predicted molar refractivity (Wildman–Crippen MR) is 105 cm³/mol. The summed E-state index contributed by atoms with van der Waals surface area (Å²) in [5, 5.41) is 9.99. The second-order valence-electron chi connectivity index (χ2n) is 8.42. The molecule has 0 bridgehead atoms. The van der Waals surface area contributed by atoms with Crippen molar-refractivity contribution in [1.82, 2.24) is 19.7 Å². The van der Waals surface area contributed by atoms with Crippen LogP contribution in [0.25, 0.3) is 5.69 Å². The Bertz CT molecular complexity index is 824. The third-order valence-corrected chi connectivity index (χ3v) is 6.60. The van der Waals surface area contributed by atoms with E-state index in [1.807, 2.05) is 6.07 Å². The monoisotopic (exact) mass is 386 g/mol. The molecule has 0 radical (unpaired) electrons. The summed E-state index contributed by atoms with van der Waals surface area (Å²) in [5.41, 5.74) is 2.43. The van der Waals surface area contributed by atoms with Crippen molar-refractivity contribution in [2.75, 3.05) is 7.05 Å². The fourth-order valence-corrected chi connectivity index (χ4v) is 4.88. The quantitative estimate of drug-likeness (QED) is 0.781. The number of benzene rings is 1. The van der Waals surface area contributed by atoms with Gasteiger partial charge in [0, 0.05) is 17.5 Å². The van der Waals surface area contributed by atoms with Crippen LogP contribution < -0.4 is 0 Å². The van der Waals surface area contributed by atoms with E-state index in [1.165, 1.54) is 30.5 Å². The van der Waals surface area contributed by atoms with E-state index in [0.717, 1.165) is 55.4 Å². The number of hydrogen-bond acceptors (Lipinski definition) is 4. The molecule has 2 saturated carbocycles. The smallest absolute Gasteiger partial charge is 0.151 e. The number of nitrogens with zero attached hydrogens (tertiary/aromatic N) is 4. The molecule has 1 aromatic carbocycles. The van der Waals surface area contributed by atoms with Crippen LogP contribution >= 0.6 is 11.6 Å². The highest BCUT2D eigenvalue weighted by atomic mass is 35.5. The highest BCUT2D eigenvalue weighted by Gasteiger charge is 2.32. The Kier molecular flexibility index (Phi) is 4.70. The molecule has 0 N–H and O–H groups in total.